The monoisotopic (exact) mass is 259 g/mol. The molecule has 102 valence electrons. The Morgan fingerprint density at radius 2 is 1.74 bits per heavy atom. The lowest BCUT2D eigenvalue weighted by atomic mass is 10.2. The highest BCUT2D eigenvalue weighted by Crippen LogP contribution is 2.27. The van der Waals surface area contributed by atoms with Crippen molar-refractivity contribution < 1.29 is 4.79 Å². The Morgan fingerprint density at radius 1 is 1.11 bits per heavy atom. The van der Waals surface area contributed by atoms with Crippen LogP contribution in [0.5, 0.6) is 0 Å². The number of nitrogens with one attached hydrogen (secondary N) is 1. The highest BCUT2D eigenvalue weighted by atomic mass is 16.2. The lowest BCUT2D eigenvalue weighted by Crippen LogP contribution is -2.50. The van der Waals surface area contributed by atoms with Crippen LogP contribution < -0.4 is 5.32 Å². The second-order valence-electron chi connectivity index (χ2n) is 5.55. The summed E-state index contributed by atoms with van der Waals surface area (Å²) < 4.78 is 0. The van der Waals surface area contributed by atoms with Gasteiger partial charge in [-0.15, -0.1) is 0 Å². The molecule has 1 heterocycles. The highest BCUT2D eigenvalue weighted by molar-refractivity contribution is 5.89. The molecule has 2 fully saturated rings. The predicted octanol–water partition coefficient (Wildman–Crippen LogP) is 2.31. The molecule has 1 aliphatic carbocycles. The zero-order valence-electron chi connectivity index (χ0n) is 11.4. The number of rotatable bonds is 2. The minimum Gasteiger partial charge on any atom is -0.322 e. The fourth-order valence-electron chi connectivity index (χ4n) is 2.57. The molecule has 1 N–H and O–H groups in total. The Morgan fingerprint density at radius 3 is 2.32 bits per heavy atom. The quantitative estimate of drug-likeness (QED) is 0.884. The van der Waals surface area contributed by atoms with Crippen molar-refractivity contribution in [2.24, 2.45) is 0 Å². The third-order valence-electron chi connectivity index (χ3n) is 3.97. The van der Waals surface area contributed by atoms with Crippen LogP contribution in [0.2, 0.25) is 0 Å². The van der Waals surface area contributed by atoms with Gasteiger partial charge in [-0.1, -0.05) is 17.7 Å². The molecule has 1 aromatic rings. The maximum absolute atomic E-state index is 12.1. The first-order valence-electron chi connectivity index (χ1n) is 7.09. The van der Waals surface area contributed by atoms with Crippen LogP contribution in [-0.4, -0.2) is 48.1 Å². The fraction of sp³-hybridized carbons (Fsp3) is 0.533. The molecule has 1 aliphatic heterocycles. The Labute approximate surface area is 114 Å². The molecule has 4 nitrogen and oxygen atoms in total. The number of nitrogens with zero attached hydrogens (tertiary/aromatic N) is 2. The Balaban J connectivity index is 1.51. The first kappa shape index (κ1) is 12.5. The number of hydrogen-bond donors (Lipinski definition) is 1. The van der Waals surface area contributed by atoms with E-state index >= 15 is 0 Å². The number of anilines is 1. The molecule has 2 aliphatic rings. The molecule has 0 spiro atoms. The van der Waals surface area contributed by atoms with E-state index in [1.165, 1.54) is 18.4 Å². The van der Waals surface area contributed by atoms with Gasteiger partial charge in [0.2, 0.25) is 0 Å². The molecular formula is C15H21N3O. The largest absolute Gasteiger partial charge is 0.322 e. The van der Waals surface area contributed by atoms with E-state index in [0.717, 1.165) is 37.9 Å². The van der Waals surface area contributed by atoms with Crippen LogP contribution in [-0.2, 0) is 0 Å². The van der Waals surface area contributed by atoms with E-state index in [1.807, 2.05) is 36.1 Å². The number of urea groups is 1. The van der Waals surface area contributed by atoms with Crippen molar-refractivity contribution in [3.63, 3.8) is 0 Å². The second kappa shape index (κ2) is 5.21. The van der Waals surface area contributed by atoms with E-state index in [4.69, 9.17) is 0 Å². The minimum absolute atomic E-state index is 0.0271. The van der Waals surface area contributed by atoms with Crippen molar-refractivity contribution in [2.75, 3.05) is 31.5 Å². The van der Waals surface area contributed by atoms with Crippen LogP contribution in [0.1, 0.15) is 18.4 Å². The molecule has 19 heavy (non-hydrogen) atoms. The van der Waals surface area contributed by atoms with Crippen LogP contribution in [0, 0.1) is 6.92 Å². The van der Waals surface area contributed by atoms with Crippen LogP contribution in [0.4, 0.5) is 10.5 Å². The van der Waals surface area contributed by atoms with Gasteiger partial charge >= 0.3 is 6.03 Å². The summed E-state index contributed by atoms with van der Waals surface area (Å²) in [5.74, 6) is 0. The smallest absolute Gasteiger partial charge is 0.321 e. The first-order chi connectivity index (χ1) is 9.22. The topological polar surface area (TPSA) is 35.6 Å². The molecule has 0 radical (unpaired) electrons. The zero-order chi connectivity index (χ0) is 13.2. The highest BCUT2D eigenvalue weighted by Gasteiger charge is 2.32. The lowest BCUT2D eigenvalue weighted by Gasteiger charge is -2.34. The average Bonchev–Trinajstić information content (AvgIpc) is 3.26. The summed E-state index contributed by atoms with van der Waals surface area (Å²) in [7, 11) is 0. The summed E-state index contributed by atoms with van der Waals surface area (Å²) in [5.41, 5.74) is 2.08. The van der Waals surface area contributed by atoms with Crippen LogP contribution in [0.25, 0.3) is 0 Å². The average molecular weight is 259 g/mol. The van der Waals surface area contributed by atoms with Gasteiger partial charge in [0.25, 0.3) is 0 Å². The van der Waals surface area contributed by atoms with Crippen molar-refractivity contribution in [1.29, 1.82) is 0 Å². The van der Waals surface area contributed by atoms with Gasteiger partial charge < -0.3 is 10.2 Å². The maximum Gasteiger partial charge on any atom is 0.321 e. The molecular weight excluding hydrogens is 238 g/mol. The zero-order valence-corrected chi connectivity index (χ0v) is 11.4. The summed E-state index contributed by atoms with van der Waals surface area (Å²) in [6.07, 6.45) is 2.69. The number of piperazine rings is 1. The number of amides is 2. The molecule has 1 aromatic carbocycles. The summed E-state index contributed by atoms with van der Waals surface area (Å²) in [4.78, 5) is 16.6. The number of carbonyl (C=O) groups is 1. The summed E-state index contributed by atoms with van der Waals surface area (Å²) in [5, 5.41) is 2.97. The van der Waals surface area contributed by atoms with E-state index in [0.29, 0.717) is 0 Å². The maximum atomic E-state index is 12.1. The van der Waals surface area contributed by atoms with E-state index in [9.17, 15) is 4.79 Å². The molecule has 1 saturated carbocycles. The van der Waals surface area contributed by atoms with Gasteiger partial charge in [-0.25, -0.2) is 4.79 Å². The standard InChI is InChI=1S/C15H21N3O/c1-12-2-4-13(5-3-12)16-15(19)18-10-8-17(9-11-18)14-6-7-14/h2-5,14H,6-11H2,1H3,(H,16,19). The van der Waals surface area contributed by atoms with Crippen molar-refractivity contribution in [1.82, 2.24) is 9.80 Å². The van der Waals surface area contributed by atoms with Gasteiger partial charge in [-0.3, -0.25) is 4.90 Å². The molecule has 4 heteroatoms. The second-order valence-corrected chi connectivity index (χ2v) is 5.55. The van der Waals surface area contributed by atoms with Crippen molar-refractivity contribution in [2.45, 2.75) is 25.8 Å². The lowest BCUT2D eigenvalue weighted by molar-refractivity contribution is 0.142. The molecule has 3 rings (SSSR count). The fourth-order valence-corrected chi connectivity index (χ4v) is 2.57. The Kier molecular flexibility index (Phi) is 3.42. The normalized spacial score (nSPS) is 20.4. The van der Waals surface area contributed by atoms with Gasteiger partial charge in [-0.2, -0.15) is 0 Å². The molecule has 0 unspecified atom stereocenters. The van der Waals surface area contributed by atoms with E-state index in [1.54, 1.807) is 0 Å². The predicted molar refractivity (Wildman–Crippen MR) is 76.4 cm³/mol. The molecule has 2 amide bonds. The molecule has 0 atom stereocenters. The Bertz CT molecular complexity index is 445. The summed E-state index contributed by atoms with van der Waals surface area (Å²) >= 11 is 0. The van der Waals surface area contributed by atoms with Gasteiger partial charge in [0.15, 0.2) is 0 Å². The molecule has 0 aromatic heterocycles. The van der Waals surface area contributed by atoms with Crippen molar-refractivity contribution in [3.8, 4) is 0 Å². The number of carbonyl (C=O) groups excluding carboxylic acids is 1. The van der Waals surface area contributed by atoms with Gasteiger partial charge in [0, 0.05) is 37.9 Å². The number of benzene rings is 1. The van der Waals surface area contributed by atoms with E-state index in [-0.39, 0.29) is 6.03 Å². The van der Waals surface area contributed by atoms with E-state index in [2.05, 4.69) is 10.2 Å². The number of aryl methyl sites for hydroxylation is 1. The molecule has 0 bridgehead atoms. The third-order valence-corrected chi connectivity index (χ3v) is 3.97. The third kappa shape index (κ3) is 3.07. The molecule has 1 saturated heterocycles. The van der Waals surface area contributed by atoms with Gasteiger partial charge in [-0.05, 0) is 31.9 Å². The summed E-state index contributed by atoms with van der Waals surface area (Å²) in [6, 6.07) is 8.77. The van der Waals surface area contributed by atoms with Crippen molar-refractivity contribution in [3.05, 3.63) is 29.8 Å². The van der Waals surface area contributed by atoms with Gasteiger partial charge in [0.1, 0.15) is 0 Å². The van der Waals surface area contributed by atoms with Crippen LogP contribution in [0.15, 0.2) is 24.3 Å². The first-order valence-corrected chi connectivity index (χ1v) is 7.09. The van der Waals surface area contributed by atoms with Gasteiger partial charge in [0.05, 0.1) is 0 Å². The Hall–Kier alpha value is -1.55. The van der Waals surface area contributed by atoms with Crippen LogP contribution >= 0.6 is 0 Å². The van der Waals surface area contributed by atoms with Crippen molar-refractivity contribution >= 4 is 11.7 Å². The van der Waals surface area contributed by atoms with Crippen LogP contribution in [0.3, 0.4) is 0 Å². The summed E-state index contributed by atoms with van der Waals surface area (Å²) in [6.45, 7) is 5.77. The SMILES string of the molecule is Cc1ccc(NC(=O)N2CCN(C3CC3)CC2)cc1. The number of hydrogen-bond acceptors (Lipinski definition) is 2. The minimum atomic E-state index is 0.0271. The van der Waals surface area contributed by atoms with E-state index < -0.39 is 0 Å².